The summed E-state index contributed by atoms with van der Waals surface area (Å²) in [6.07, 6.45) is -0.475. The first-order valence-corrected chi connectivity index (χ1v) is 7.00. The van der Waals surface area contributed by atoms with Gasteiger partial charge in [-0.1, -0.05) is 6.07 Å². The third-order valence-electron chi connectivity index (χ3n) is 3.69. The van der Waals surface area contributed by atoms with Crippen LogP contribution >= 0.6 is 0 Å². The lowest BCUT2D eigenvalue weighted by Gasteiger charge is -2.19. The first kappa shape index (κ1) is 16.5. The fourth-order valence-electron chi connectivity index (χ4n) is 2.42. The molecule has 1 aliphatic heterocycles. The van der Waals surface area contributed by atoms with E-state index in [1.807, 2.05) is 0 Å². The third-order valence-corrected chi connectivity index (χ3v) is 3.69. The normalized spacial score (nSPS) is 21.2. The summed E-state index contributed by atoms with van der Waals surface area (Å²) >= 11 is 0. The van der Waals surface area contributed by atoms with Crippen molar-refractivity contribution < 1.29 is 23.0 Å². The van der Waals surface area contributed by atoms with Crippen LogP contribution in [0.25, 0.3) is 0 Å². The van der Waals surface area contributed by atoms with E-state index in [0.717, 1.165) is 5.56 Å². The van der Waals surface area contributed by atoms with E-state index in [4.69, 9.17) is 9.47 Å². The van der Waals surface area contributed by atoms with E-state index in [9.17, 15) is 13.6 Å². The average Bonchev–Trinajstić information content (AvgIpc) is 2.86. The van der Waals surface area contributed by atoms with Crippen molar-refractivity contribution in [1.29, 1.82) is 0 Å². The molecule has 1 aromatic carbocycles. The molecule has 0 saturated carbocycles. The minimum Gasteiger partial charge on any atom is -0.493 e. The second-order valence-electron chi connectivity index (χ2n) is 5.34. The number of ether oxygens (including phenoxy) is 2. The lowest BCUT2D eigenvalue weighted by Crippen LogP contribution is -2.41. The molecule has 1 aromatic rings. The zero-order valence-corrected chi connectivity index (χ0v) is 12.8. The monoisotopic (exact) mass is 314 g/mol. The van der Waals surface area contributed by atoms with Gasteiger partial charge in [0, 0.05) is 6.42 Å². The summed E-state index contributed by atoms with van der Waals surface area (Å²) in [7, 11) is 3.06. The van der Waals surface area contributed by atoms with Crippen molar-refractivity contribution in [2.45, 2.75) is 31.4 Å². The van der Waals surface area contributed by atoms with Gasteiger partial charge in [0.05, 0.1) is 32.8 Å². The molecule has 0 radical (unpaired) electrons. The van der Waals surface area contributed by atoms with E-state index in [2.05, 4.69) is 10.6 Å². The predicted octanol–water partition coefficient (Wildman–Crippen LogP) is 1.88. The highest BCUT2D eigenvalue weighted by atomic mass is 19.3. The molecule has 1 saturated heterocycles. The van der Waals surface area contributed by atoms with Crippen molar-refractivity contribution in [3.05, 3.63) is 23.8 Å². The van der Waals surface area contributed by atoms with Gasteiger partial charge in [-0.2, -0.15) is 0 Å². The fraction of sp³-hybridized carbons (Fsp3) is 0.533. The molecular formula is C15H20F2N2O3. The Hall–Kier alpha value is -1.89. The fourth-order valence-corrected chi connectivity index (χ4v) is 2.42. The van der Waals surface area contributed by atoms with Crippen molar-refractivity contribution >= 4 is 5.91 Å². The van der Waals surface area contributed by atoms with E-state index in [1.165, 1.54) is 14.2 Å². The van der Waals surface area contributed by atoms with Crippen molar-refractivity contribution in [3.8, 4) is 11.5 Å². The van der Waals surface area contributed by atoms with E-state index in [1.54, 1.807) is 25.1 Å². The minimum atomic E-state index is -2.82. The molecule has 122 valence electrons. The summed E-state index contributed by atoms with van der Waals surface area (Å²) in [5.41, 5.74) is 0.802. The number of hydrogen-bond acceptors (Lipinski definition) is 4. The van der Waals surface area contributed by atoms with Crippen LogP contribution in [-0.2, 0) is 4.79 Å². The number of nitrogens with one attached hydrogen (secondary N) is 2. The van der Waals surface area contributed by atoms with Crippen LogP contribution in [0.15, 0.2) is 18.2 Å². The number of benzene rings is 1. The lowest BCUT2D eigenvalue weighted by atomic mass is 10.1. The van der Waals surface area contributed by atoms with Crippen molar-refractivity contribution in [2.75, 3.05) is 20.8 Å². The summed E-state index contributed by atoms with van der Waals surface area (Å²) in [4.78, 5) is 12.0. The van der Waals surface area contributed by atoms with Gasteiger partial charge in [0.25, 0.3) is 5.92 Å². The topological polar surface area (TPSA) is 59.6 Å². The number of methoxy groups -OCH3 is 2. The van der Waals surface area contributed by atoms with E-state index >= 15 is 0 Å². The van der Waals surface area contributed by atoms with Crippen LogP contribution in [0.1, 0.15) is 24.9 Å². The van der Waals surface area contributed by atoms with Gasteiger partial charge in [0.1, 0.15) is 0 Å². The number of alkyl halides is 2. The summed E-state index contributed by atoms with van der Waals surface area (Å²) < 4.78 is 36.6. The molecule has 2 atom stereocenters. The van der Waals surface area contributed by atoms with Crippen LogP contribution in [0.2, 0.25) is 0 Å². The Morgan fingerprint density at radius 3 is 2.59 bits per heavy atom. The lowest BCUT2D eigenvalue weighted by molar-refractivity contribution is -0.124. The van der Waals surface area contributed by atoms with Gasteiger partial charge in [-0.3, -0.25) is 10.1 Å². The quantitative estimate of drug-likeness (QED) is 0.871. The van der Waals surface area contributed by atoms with Crippen LogP contribution in [0, 0.1) is 0 Å². The Morgan fingerprint density at radius 2 is 2.05 bits per heavy atom. The molecule has 7 heteroatoms. The van der Waals surface area contributed by atoms with Crippen LogP contribution < -0.4 is 20.1 Å². The number of carbonyl (C=O) groups is 1. The van der Waals surface area contributed by atoms with Crippen molar-refractivity contribution in [1.82, 2.24) is 10.6 Å². The van der Waals surface area contributed by atoms with Crippen molar-refractivity contribution in [3.63, 3.8) is 0 Å². The summed E-state index contributed by atoms with van der Waals surface area (Å²) in [5.74, 6) is -2.12. The Morgan fingerprint density at radius 1 is 1.36 bits per heavy atom. The standard InChI is InChI=1S/C15H20F2N2O3/c1-9(10-4-5-12(21-2)13(6-10)22-3)19-14(20)11-7-15(16,17)8-18-11/h4-6,9,11,18H,7-8H2,1-3H3,(H,19,20). The molecule has 2 N–H and O–H groups in total. The Kier molecular flexibility index (Phi) is 4.85. The van der Waals surface area contributed by atoms with Gasteiger partial charge < -0.3 is 14.8 Å². The smallest absolute Gasteiger partial charge is 0.262 e. The number of rotatable bonds is 5. The number of hydrogen-bond donors (Lipinski definition) is 2. The Labute approximate surface area is 128 Å². The maximum Gasteiger partial charge on any atom is 0.262 e. The Bertz CT molecular complexity index is 552. The number of carbonyl (C=O) groups excluding carboxylic acids is 1. The summed E-state index contributed by atoms with van der Waals surface area (Å²) in [6, 6.07) is 4.09. The SMILES string of the molecule is COc1ccc(C(C)NC(=O)C2CC(F)(F)CN2)cc1OC. The second kappa shape index (κ2) is 6.48. The van der Waals surface area contributed by atoms with Gasteiger partial charge in [-0.25, -0.2) is 8.78 Å². The van der Waals surface area contributed by atoms with Gasteiger partial charge >= 0.3 is 0 Å². The molecule has 1 aliphatic rings. The van der Waals surface area contributed by atoms with E-state index in [0.29, 0.717) is 11.5 Å². The molecule has 0 aromatic heterocycles. The highest BCUT2D eigenvalue weighted by Crippen LogP contribution is 2.30. The van der Waals surface area contributed by atoms with Crippen LogP contribution in [0.3, 0.4) is 0 Å². The van der Waals surface area contributed by atoms with Crippen LogP contribution in [0.5, 0.6) is 11.5 Å². The molecule has 2 unspecified atom stereocenters. The molecular weight excluding hydrogens is 294 g/mol. The zero-order valence-electron chi connectivity index (χ0n) is 12.8. The molecule has 2 rings (SSSR count). The van der Waals surface area contributed by atoms with Gasteiger partial charge in [-0.15, -0.1) is 0 Å². The highest BCUT2D eigenvalue weighted by Gasteiger charge is 2.42. The van der Waals surface area contributed by atoms with Crippen molar-refractivity contribution in [2.24, 2.45) is 0 Å². The van der Waals surface area contributed by atoms with E-state index in [-0.39, 0.29) is 6.04 Å². The third kappa shape index (κ3) is 3.65. The molecule has 0 bridgehead atoms. The van der Waals surface area contributed by atoms with Gasteiger partial charge in [0.2, 0.25) is 5.91 Å². The molecule has 22 heavy (non-hydrogen) atoms. The van der Waals surface area contributed by atoms with E-state index < -0.39 is 30.8 Å². The Balaban J connectivity index is 2.03. The van der Waals surface area contributed by atoms with Crippen LogP contribution in [-0.4, -0.2) is 38.6 Å². The maximum atomic E-state index is 13.1. The van der Waals surface area contributed by atoms with Gasteiger partial charge in [0.15, 0.2) is 11.5 Å². The average molecular weight is 314 g/mol. The molecule has 0 aliphatic carbocycles. The maximum absolute atomic E-state index is 13.1. The number of halogens is 2. The molecule has 1 amide bonds. The molecule has 1 heterocycles. The molecule has 0 spiro atoms. The first-order chi connectivity index (χ1) is 10.4. The highest BCUT2D eigenvalue weighted by molar-refractivity contribution is 5.82. The zero-order chi connectivity index (χ0) is 16.3. The molecule has 5 nitrogen and oxygen atoms in total. The molecule has 1 fully saturated rings. The second-order valence-corrected chi connectivity index (χ2v) is 5.34. The number of amides is 1. The summed E-state index contributed by atoms with van der Waals surface area (Å²) in [6.45, 7) is 1.32. The summed E-state index contributed by atoms with van der Waals surface area (Å²) in [5, 5.41) is 5.27. The minimum absolute atomic E-state index is 0.330. The van der Waals surface area contributed by atoms with Gasteiger partial charge in [-0.05, 0) is 24.6 Å². The first-order valence-electron chi connectivity index (χ1n) is 7.00. The van der Waals surface area contributed by atoms with Crippen LogP contribution in [0.4, 0.5) is 8.78 Å². The largest absolute Gasteiger partial charge is 0.493 e. The predicted molar refractivity (Wildman–Crippen MR) is 77.5 cm³/mol.